The second-order valence-corrected chi connectivity index (χ2v) is 7.71. The number of benzene rings is 2. The number of carbonyl (C=O) groups excluding carboxylic acids is 2. The highest BCUT2D eigenvalue weighted by molar-refractivity contribution is 7.15. The number of carbonyl (C=O) groups is 2. The first-order chi connectivity index (χ1) is 13.4. The van der Waals surface area contributed by atoms with Crippen molar-refractivity contribution >= 4 is 51.5 Å². The number of anilines is 1. The molecule has 28 heavy (non-hydrogen) atoms. The predicted octanol–water partition coefficient (Wildman–Crippen LogP) is 4.55. The van der Waals surface area contributed by atoms with Crippen LogP contribution in [0.25, 0.3) is 0 Å². The lowest BCUT2D eigenvalue weighted by molar-refractivity contribution is -0.115. The molecule has 0 aliphatic rings. The van der Waals surface area contributed by atoms with Crippen LogP contribution in [-0.2, 0) is 11.2 Å². The van der Waals surface area contributed by atoms with Crippen molar-refractivity contribution in [2.75, 3.05) is 11.9 Å². The molecule has 0 fully saturated rings. The van der Waals surface area contributed by atoms with Crippen LogP contribution in [0, 0.1) is 5.82 Å². The monoisotopic (exact) mass is 437 g/mol. The molecular weight excluding hydrogens is 424 g/mol. The zero-order valence-corrected chi connectivity index (χ0v) is 16.7. The number of hydrogen-bond donors (Lipinski definition) is 2. The highest BCUT2D eigenvalue weighted by Crippen LogP contribution is 2.26. The van der Waals surface area contributed by atoms with Gasteiger partial charge in [-0.05, 0) is 29.8 Å². The molecule has 5 nitrogen and oxygen atoms in total. The Hall–Kier alpha value is -2.48. The van der Waals surface area contributed by atoms with Crippen LogP contribution in [0.4, 0.5) is 9.52 Å². The van der Waals surface area contributed by atoms with Gasteiger partial charge in [-0.1, -0.05) is 41.4 Å². The third kappa shape index (κ3) is 5.28. The number of nitrogens with zero attached hydrogens (tertiary/aromatic N) is 1. The van der Waals surface area contributed by atoms with E-state index in [1.165, 1.54) is 29.5 Å². The van der Waals surface area contributed by atoms with Crippen LogP contribution in [-0.4, -0.2) is 23.3 Å². The van der Waals surface area contributed by atoms with E-state index in [4.69, 9.17) is 23.2 Å². The smallest absolute Gasteiger partial charge is 0.254 e. The average molecular weight is 438 g/mol. The molecule has 0 spiro atoms. The van der Waals surface area contributed by atoms with Gasteiger partial charge in [0.15, 0.2) is 5.13 Å². The summed E-state index contributed by atoms with van der Waals surface area (Å²) in [5.41, 5.74) is 0.774. The fourth-order valence-electron chi connectivity index (χ4n) is 2.36. The number of hydrogen-bond acceptors (Lipinski definition) is 4. The van der Waals surface area contributed by atoms with Gasteiger partial charge in [0.2, 0.25) is 5.91 Å². The first-order valence-electron chi connectivity index (χ1n) is 8.13. The third-order valence-corrected chi connectivity index (χ3v) is 5.21. The number of amides is 2. The molecule has 0 bridgehead atoms. The Morgan fingerprint density at radius 3 is 2.68 bits per heavy atom. The van der Waals surface area contributed by atoms with Crippen molar-refractivity contribution in [2.24, 2.45) is 0 Å². The molecule has 2 aromatic carbocycles. The SMILES string of the molecule is O=C(CNC(=O)c1ccccc1F)Nc1ncc(Cc2ccc(Cl)cc2Cl)s1. The minimum atomic E-state index is -0.662. The summed E-state index contributed by atoms with van der Waals surface area (Å²) in [5.74, 6) is -1.77. The molecule has 0 saturated heterocycles. The van der Waals surface area contributed by atoms with Crippen LogP contribution in [0.2, 0.25) is 10.0 Å². The minimum absolute atomic E-state index is 0.119. The number of halogens is 3. The molecule has 0 aliphatic carbocycles. The Kier molecular flexibility index (Phi) is 6.61. The van der Waals surface area contributed by atoms with Gasteiger partial charge in [-0.2, -0.15) is 0 Å². The van der Waals surface area contributed by atoms with Gasteiger partial charge in [-0.25, -0.2) is 9.37 Å². The molecule has 1 heterocycles. The maximum absolute atomic E-state index is 13.6. The molecule has 1 aromatic heterocycles. The molecule has 0 aliphatic heterocycles. The van der Waals surface area contributed by atoms with Gasteiger partial charge in [0, 0.05) is 27.5 Å². The van der Waals surface area contributed by atoms with Crippen LogP contribution >= 0.6 is 34.5 Å². The van der Waals surface area contributed by atoms with Crippen molar-refractivity contribution in [3.05, 3.63) is 80.5 Å². The Morgan fingerprint density at radius 2 is 1.93 bits per heavy atom. The minimum Gasteiger partial charge on any atom is -0.343 e. The lowest BCUT2D eigenvalue weighted by Crippen LogP contribution is -2.33. The molecule has 2 amide bonds. The van der Waals surface area contributed by atoms with Crippen LogP contribution in [0.1, 0.15) is 20.8 Å². The van der Waals surface area contributed by atoms with Gasteiger partial charge in [-0.15, -0.1) is 11.3 Å². The summed E-state index contributed by atoms with van der Waals surface area (Å²) in [4.78, 5) is 29.0. The highest BCUT2D eigenvalue weighted by atomic mass is 35.5. The van der Waals surface area contributed by atoms with Gasteiger partial charge in [0.25, 0.3) is 5.91 Å². The molecule has 0 saturated carbocycles. The molecule has 2 N–H and O–H groups in total. The third-order valence-electron chi connectivity index (χ3n) is 3.71. The van der Waals surface area contributed by atoms with Crippen molar-refractivity contribution in [1.29, 1.82) is 0 Å². The first kappa shape index (κ1) is 20.3. The number of rotatable bonds is 6. The van der Waals surface area contributed by atoms with Crippen molar-refractivity contribution in [3.63, 3.8) is 0 Å². The molecule has 0 unspecified atom stereocenters. The standard InChI is InChI=1S/C19H14Cl2FN3O2S/c20-12-6-5-11(15(21)8-12)7-13-9-24-19(28-13)25-17(26)10-23-18(27)14-3-1-2-4-16(14)22/h1-6,8-9H,7,10H2,(H,23,27)(H,24,25,26). The number of nitrogens with one attached hydrogen (secondary N) is 2. The summed E-state index contributed by atoms with van der Waals surface area (Å²) >= 11 is 13.3. The maximum Gasteiger partial charge on any atom is 0.254 e. The van der Waals surface area contributed by atoms with Gasteiger partial charge in [0.05, 0.1) is 12.1 Å². The Morgan fingerprint density at radius 1 is 1.14 bits per heavy atom. The Labute approximate surface area is 174 Å². The highest BCUT2D eigenvalue weighted by Gasteiger charge is 2.13. The summed E-state index contributed by atoms with van der Waals surface area (Å²) < 4.78 is 13.6. The van der Waals surface area contributed by atoms with Crippen LogP contribution < -0.4 is 10.6 Å². The van der Waals surface area contributed by atoms with Gasteiger partial charge < -0.3 is 10.6 Å². The van der Waals surface area contributed by atoms with E-state index in [1.54, 1.807) is 24.4 Å². The molecule has 0 atom stereocenters. The maximum atomic E-state index is 13.6. The van der Waals surface area contributed by atoms with E-state index in [1.807, 2.05) is 6.07 Å². The van der Waals surface area contributed by atoms with E-state index < -0.39 is 17.6 Å². The Balaban J connectivity index is 1.54. The molecule has 3 aromatic rings. The topological polar surface area (TPSA) is 71.1 Å². The second-order valence-electron chi connectivity index (χ2n) is 5.75. The summed E-state index contributed by atoms with van der Waals surface area (Å²) in [7, 11) is 0. The van der Waals surface area contributed by atoms with Crippen molar-refractivity contribution in [2.45, 2.75) is 6.42 Å². The summed E-state index contributed by atoms with van der Waals surface area (Å²) in [5, 5.41) is 6.48. The second kappa shape index (κ2) is 9.14. The van der Waals surface area contributed by atoms with Crippen LogP contribution in [0.5, 0.6) is 0 Å². The molecule has 0 radical (unpaired) electrons. The Bertz CT molecular complexity index is 1030. The summed E-state index contributed by atoms with van der Waals surface area (Å²) in [6.45, 7) is -0.301. The van der Waals surface area contributed by atoms with E-state index in [0.717, 1.165) is 10.4 Å². The summed E-state index contributed by atoms with van der Waals surface area (Å²) in [6, 6.07) is 10.8. The molecular formula is C19H14Cl2FN3O2S. The van der Waals surface area contributed by atoms with E-state index in [-0.39, 0.29) is 12.1 Å². The zero-order valence-electron chi connectivity index (χ0n) is 14.3. The average Bonchev–Trinajstić information content (AvgIpc) is 3.09. The van der Waals surface area contributed by atoms with Crippen molar-refractivity contribution in [1.82, 2.24) is 10.3 Å². The normalized spacial score (nSPS) is 10.5. The van der Waals surface area contributed by atoms with Crippen molar-refractivity contribution < 1.29 is 14.0 Å². The van der Waals surface area contributed by atoms with Crippen molar-refractivity contribution in [3.8, 4) is 0 Å². The van der Waals surface area contributed by atoms with Crippen LogP contribution in [0.3, 0.4) is 0 Å². The van der Waals surface area contributed by atoms with E-state index in [0.29, 0.717) is 21.6 Å². The molecule has 9 heteroatoms. The number of aromatic nitrogens is 1. The molecule has 144 valence electrons. The van der Waals surface area contributed by atoms with E-state index in [2.05, 4.69) is 15.6 Å². The largest absolute Gasteiger partial charge is 0.343 e. The van der Waals surface area contributed by atoms with E-state index >= 15 is 0 Å². The number of thiazole rings is 1. The fourth-order valence-corrected chi connectivity index (χ4v) is 3.69. The lowest BCUT2D eigenvalue weighted by Gasteiger charge is -2.05. The zero-order chi connectivity index (χ0) is 20.1. The summed E-state index contributed by atoms with van der Waals surface area (Å²) in [6.07, 6.45) is 2.19. The van der Waals surface area contributed by atoms with Gasteiger partial charge >= 0.3 is 0 Å². The van der Waals surface area contributed by atoms with Gasteiger partial charge in [0.1, 0.15) is 5.82 Å². The first-order valence-corrected chi connectivity index (χ1v) is 9.71. The quantitative estimate of drug-likeness (QED) is 0.594. The lowest BCUT2D eigenvalue weighted by atomic mass is 10.1. The molecule has 3 rings (SSSR count). The van der Waals surface area contributed by atoms with Crippen LogP contribution in [0.15, 0.2) is 48.7 Å². The fraction of sp³-hybridized carbons (Fsp3) is 0.105. The van der Waals surface area contributed by atoms with E-state index in [9.17, 15) is 14.0 Å². The van der Waals surface area contributed by atoms with Gasteiger partial charge in [-0.3, -0.25) is 9.59 Å². The predicted molar refractivity (Wildman–Crippen MR) is 109 cm³/mol.